The van der Waals surface area contributed by atoms with Crippen molar-refractivity contribution in [3.05, 3.63) is 23.5 Å². The van der Waals surface area contributed by atoms with Crippen molar-refractivity contribution in [2.75, 3.05) is 0 Å². The van der Waals surface area contributed by atoms with E-state index < -0.39 is 0 Å². The standard InChI is InChI=1S/C12H18N2/c1-4-7-14-11(8-10(2)3)5-6-12(14)9-13/h5-6,10H,4,7-8H2,1-3H3. The molecule has 0 bridgehead atoms. The van der Waals surface area contributed by atoms with E-state index in [0.717, 1.165) is 25.1 Å². The first kappa shape index (κ1) is 10.8. The Morgan fingerprint density at radius 2 is 2.14 bits per heavy atom. The summed E-state index contributed by atoms with van der Waals surface area (Å²) < 4.78 is 2.14. The van der Waals surface area contributed by atoms with Gasteiger partial charge in [-0.2, -0.15) is 5.26 Å². The van der Waals surface area contributed by atoms with Crippen LogP contribution in [0.25, 0.3) is 0 Å². The van der Waals surface area contributed by atoms with Crippen LogP contribution < -0.4 is 0 Å². The smallest absolute Gasteiger partial charge is 0.120 e. The van der Waals surface area contributed by atoms with Crippen LogP contribution in [0.5, 0.6) is 0 Å². The normalized spacial score (nSPS) is 10.5. The Hall–Kier alpha value is -1.23. The minimum Gasteiger partial charge on any atom is -0.337 e. The predicted molar refractivity (Wildman–Crippen MR) is 58.0 cm³/mol. The minimum absolute atomic E-state index is 0.645. The summed E-state index contributed by atoms with van der Waals surface area (Å²) in [6.07, 6.45) is 2.14. The molecule has 0 spiro atoms. The number of hydrogen-bond acceptors (Lipinski definition) is 1. The van der Waals surface area contributed by atoms with Gasteiger partial charge in [-0.25, -0.2) is 0 Å². The number of nitriles is 1. The Bertz CT molecular complexity index is 329. The first-order valence-electron chi connectivity index (χ1n) is 5.27. The highest BCUT2D eigenvalue weighted by atomic mass is 15.0. The molecule has 1 aromatic heterocycles. The molecule has 0 saturated carbocycles. The largest absolute Gasteiger partial charge is 0.337 e. The van der Waals surface area contributed by atoms with E-state index in [0.29, 0.717) is 5.92 Å². The Labute approximate surface area is 86.2 Å². The number of aromatic nitrogens is 1. The van der Waals surface area contributed by atoms with Crippen LogP contribution in [0.15, 0.2) is 12.1 Å². The highest BCUT2D eigenvalue weighted by Crippen LogP contribution is 2.13. The lowest BCUT2D eigenvalue weighted by Gasteiger charge is -2.10. The summed E-state index contributed by atoms with van der Waals surface area (Å²) in [5, 5.41) is 8.92. The topological polar surface area (TPSA) is 28.7 Å². The summed E-state index contributed by atoms with van der Waals surface area (Å²) >= 11 is 0. The zero-order valence-corrected chi connectivity index (χ0v) is 9.25. The molecule has 0 fully saturated rings. The van der Waals surface area contributed by atoms with Crippen molar-refractivity contribution in [3.8, 4) is 6.07 Å². The van der Waals surface area contributed by atoms with Crippen LogP contribution in [0.4, 0.5) is 0 Å². The van der Waals surface area contributed by atoms with Crippen LogP contribution in [0.1, 0.15) is 38.6 Å². The third-order valence-corrected chi connectivity index (χ3v) is 2.25. The van der Waals surface area contributed by atoms with Gasteiger partial charge in [0.2, 0.25) is 0 Å². The molecule has 0 atom stereocenters. The van der Waals surface area contributed by atoms with Gasteiger partial charge in [-0.1, -0.05) is 20.8 Å². The molecule has 0 aromatic carbocycles. The summed E-state index contributed by atoms with van der Waals surface area (Å²) in [5.74, 6) is 0.645. The molecule has 1 aromatic rings. The predicted octanol–water partition coefficient (Wildman–Crippen LogP) is 2.97. The minimum atomic E-state index is 0.645. The molecule has 0 radical (unpaired) electrons. The van der Waals surface area contributed by atoms with E-state index in [1.165, 1.54) is 5.69 Å². The molecule has 0 unspecified atom stereocenters. The molecule has 0 saturated heterocycles. The number of hydrogen-bond donors (Lipinski definition) is 0. The Kier molecular flexibility index (Phi) is 3.76. The average molecular weight is 190 g/mol. The summed E-state index contributed by atoms with van der Waals surface area (Å²) in [6, 6.07) is 6.24. The molecule has 0 aliphatic heterocycles. The fourth-order valence-electron chi connectivity index (χ4n) is 1.69. The van der Waals surface area contributed by atoms with Gasteiger partial charge in [0.05, 0.1) is 0 Å². The van der Waals surface area contributed by atoms with E-state index >= 15 is 0 Å². The number of nitrogens with zero attached hydrogens (tertiary/aromatic N) is 2. The molecule has 1 heterocycles. The lowest BCUT2D eigenvalue weighted by molar-refractivity contribution is 0.577. The third-order valence-electron chi connectivity index (χ3n) is 2.25. The van der Waals surface area contributed by atoms with Crippen LogP contribution in [-0.2, 0) is 13.0 Å². The molecule has 0 aliphatic rings. The molecule has 76 valence electrons. The van der Waals surface area contributed by atoms with Gasteiger partial charge in [0.1, 0.15) is 11.8 Å². The van der Waals surface area contributed by atoms with Gasteiger partial charge in [0.15, 0.2) is 0 Å². The highest BCUT2D eigenvalue weighted by Gasteiger charge is 2.07. The average Bonchev–Trinajstić information content (AvgIpc) is 2.48. The molecular formula is C12H18N2. The van der Waals surface area contributed by atoms with Gasteiger partial charge < -0.3 is 4.57 Å². The number of rotatable bonds is 4. The summed E-state index contributed by atoms with van der Waals surface area (Å²) in [4.78, 5) is 0. The zero-order chi connectivity index (χ0) is 10.6. The van der Waals surface area contributed by atoms with Crippen molar-refractivity contribution in [3.63, 3.8) is 0 Å². The van der Waals surface area contributed by atoms with Gasteiger partial charge in [-0.15, -0.1) is 0 Å². The summed E-state index contributed by atoms with van der Waals surface area (Å²) in [7, 11) is 0. The second-order valence-corrected chi connectivity index (χ2v) is 4.07. The van der Waals surface area contributed by atoms with Crippen LogP contribution in [-0.4, -0.2) is 4.57 Å². The quantitative estimate of drug-likeness (QED) is 0.717. The van der Waals surface area contributed by atoms with Gasteiger partial charge >= 0.3 is 0 Å². The third kappa shape index (κ3) is 2.38. The Balaban J connectivity index is 2.93. The van der Waals surface area contributed by atoms with Crippen LogP contribution >= 0.6 is 0 Å². The van der Waals surface area contributed by atoms with E-state index in [1.54, 1.807) is 0 Å². The van der Waals surface area contributed by atoms with Crippen LogP contribution in [0.2, 0.25) is 0 Å². The van der Waals surface area contributed by atoms with E-state index in [4.69, 9.17) is 5.26 Å². The first-order chi connectivity index (χ1) is 6.69. The molecule has 14 heavy (non-hydrogen) atoms. The molecule has 0 amide bonds. The molecule has 2 heteroatoms. The first-order valence-corrected chi connectivity index (χ1v) is 5.27. The van der Waals surface area contributed by atoms with Crippen molar-refractivity contribution in [2.45, 2.75) is 40.2 Å². The summed E-state index contributed by atoms with van der Waals surface area (Å²) in [5.41, 5.74) is 2.08. The summed E-state index contributed by atoms with van der Waals surface area (Å²) in [6.45, 7) is 7.50. The molecule has 1 rings (SSSR count). The van der Waals surface area contributed by atoms with Crippen molar-refractivity contribution >= 4 is 0 Å². The van der Waals surface area contributed by atoms with Gasteiger partial charge in [-0.3, -0.25) is 0 Å². The second-order valence-electron chi connectivity index (χ2n) is 4.07. The van der Waals surface area contributed by atoms with E-state index in [2.05, 4.69) is 37.5 Å². The van der Waals surface area contributed by atoms with Crippen molar-refractivity contribution in [2.24, 2.45) is 5.92 Å². The fourth-order valence-corrected chi connectivity index (χ4v) is 1.69. The second kappa shape index (κ2) is 4.85. The van der Waals surface area contributed by atoms with E-state index in [1.807, 2.05) is 6.07 Å². The maximum atomic E-state index is 8.92. The molecular weight excluding hydrogens is 172 g/mol. The van der Waals surface area contributed by atoms with Crippen molar-refractivity contribution in [1.29, 1.82) is 5.26 Å². The van der Waals surface area contributed by atoms with Crippen molar-refractivity contribution < 1.29 is 0 Å². The maximum Gasteiger partial charge on any atom is 0.120 e. The monoisotopic (exact) mass is 190 g/mol. The Morgan fingerprint density at radius 1 is 1.43 bits per heavy atom. The van der Waals surface area contributed by atoms with Gasteiger partial charge in [0.25, 0.3) is 0 Å². The Morgan fingerprint density at radius 3 is 2.64 bits per heavy atom. The van der Waals surface area contributed by atoms with Gasteiger partial charge in [0, 0.05) is 12.2 Å². The lowest BCUT2D eigenvalue weighted by atomic mass is 10.1. The van der Waals surface area contributed by atoms with E-state index in [9.17, 15) is 0 Å². The SMILES string of the molecule is CCCn1c(C#N)ccc1CC(C)C. The fraction of sp³-hybridized carbons (Fsp3) is 0.583. The zero-order valence-electron chi connectivity index (χ0n) is 9.25. The van der Waals surface area contributed by atoms with Crippen molar-refractivity contribution in [1.82, 2.24) is 4.57 Å². The van der Waals surface area contributed by atoms with E-state index in [-0.39, 0.29) is 0 Å². The molecule has 0 N–H and O–H groups in total. The maximum absolute atomic E-state index is 8.92. The lowest BCUT2D eigenvalue weighted by Crippen LogP contribution is -2.07. The van der Waals surface area contributed by atoms with Gasteiger partial charge in [-0.05, 0) is 30.9 Å². The highest BCUT2D eigenvalue weighted by molar-refractivity contribution is 5.27. The molecule has 2 nitrogen and oxygen atoms in total. The van der Waals surface area contributed by atoms with Crippen LogP contribution in [0, 0.1) is 17.2 Å². The van der Waals surface area contributed by atoms with Crippen LogP contribution in [0.3, 0.4) is 0 Å². The molecule has 0 aliphatic carbocycles.